The van der Waals surface area contributed by atoms with E-state index in [1.165, 1.54) is 29.4 Å². The van der Waals surface area contributed by atoms with Gasteiger partial charge in [-0.1, -0.05) is 12.2 Å². The molecule has 30 heavy (non-hydrogen) atoms. The number of hydrogen-bond donors (Lipinski definition) is 0. The number of benzene rings is 1. The maximum atomic E-state index is 12.6. The number of rotatable bonds is 9. The molecule has 1 aliphatic heterocycles. The van der Waals surface area contributed by atoms with Gasteiger partial charge in [0, 0.05) is 13.1 Å². The molecule has 8 heteroatoms. The number of nitrogens with zero attached hydrogens (tertiary/aromatic N) is 2. The van der Waals surface area contributed by atoms with E-state index in [0.717, 1.165) is 4.90 Å². The molecular formula is C22H20N2O6. The van der Waals surface area contributed by atoms with Gasteiger partial charge in [0.25, 0.3) is 17.7 Å². The number of imide groups is 1. The van der Waals surface area contributed by atoms with Gasteiger partial charge in [0.1, 0.15) is 5.76 Å². The molecular weight excluding hydrogens is 388 g/mol. The summed E-state index contributed by atoms with van der Waals surface area (Å²) in [5.41, 5.74) is 0.371. The number of esters is 1. The molecule has 1 aromatic carbocycles. The van der Waals surface area contributed by atoms with Crippen LogP contribution >= 0.6 is 0 Å². The van der Waals surface area contributed by atoms with Gasteiger partial charge in [-0.3, -0.25) is 19.3 Å². The Morgan fingerprint density at radius 3 is 2.40 bits per heavy atom. The second kappa shape index (κ2) is 9.04. The van der Waals surface area contributed by atoms with E-state index in [0.29, 0.717) is 18.8 Å². The lowest BCUT2D eigenvalue weighted by Gasteiger charge is -2.18. The SMILES string of the molecule is C=CCN(CC=C)C(=O)COC(=O)c1ccc2c(c1)C(=O)N(Cc1ccco1)C2=O. The maximum Gasteiger partial charge on any atom is 0.338 e. The summed E-state index contributed by atoms with van der Waals surface area (Å²) < 4.78 is 10.3. The highest BCUT2D eigenvalue weighted by molar-refractivity contribution is 6.21. The molecule has 0 unspecified atom stereocenters. The molecule has 0 N–H and O–H groups in total. The van der Waals surface area contributed by atoms with E-state index in [1.807, 2.05) is 0 Å². The number of ether oxygens (including phenoxy) is 1. The molecule has 0 saturated heterocycles. The van der Waals surface area contributed by atoms with Gasteiger partial charge in [-0.15, -0.1) is 13.2 Å². The molecule has 0 atom stereocenters. The molecule has 0 radical (unpaired) electrons. The highest BCUT2D eigenvalue weighted by Gasteiger charge is 2.36. The normalized spacial score (nSPS) is 12.5. The Kier molecular flexibility index (Phi) is 6.26. The highest BCUT2D eigenvalue weighted by atomic mass is 16.5. The zero-order valence-electron chi connectivity index (χ0n) is 16.2. The van der Waals surface area contributed by atoms with Crippen molar-refractivity contribution in [2.24, 2.45) is 0 Å². The van der Waals surface area contributed by atoms with Gasteiger partial charge in [0.2, 0.25) is 0 Å². The fourth-order valence-corrected chi connectivity index (χ4v) is 3.01. The van der Waals surface area contributed by atoms with Crippen LogP contribution in [-0.4, -0.2) is 53.2 Å². The van der Waals surface area contributed by atoms with E-state index in [9.17, 15) is 19.2 Å². The highest BCUT2D eigenvalue weighted by Crippen LogP contribution is 2.26. The van der Waals surface area contributed by atoms with E-state index >= 15 is 0 Å². The summed E-state index contributed by atoms with van der Waals surface area (Å²) in [4.78, 5) is 52.1. The average molecular weight is 408 g/mol. The Hall–Kier alpha value is -3.94. The van der Waals surface area contributed by atoms with Crippen LogP contribution in [0.4, 0.5) is 0 Å². The van der Waals surface area contributed by atoms with Crippen LogP contribution in [0, 0.1) is 0 Å². The zero-order chi connectivity index (χ0) is 21.7. The van der Waals surface area contributed by atoms with Crippen LogP contribution in [0.5, 0.6) is 0 Å². The molecule has 0 fully saturated rings. The number of hydrogen-bond acceptors (Lipinski definition) is 6. The molecule has 3 amide bonds. The van der Waals surface area contributed by atoms with E-state index < -0.39 is 30.3 Å². The molecule has 0 aliphatic carbocycles. The molecule has 0 spiro atoms. The van der Waals surface area contributed by atoms with Gasteiger partial charge in [-0.2, -0.15) is 0 Å². The molecule has 8 nitrogen and oxygen atoms in total. The first-order chi connectivity index (χ1) is 14.5. The summed E-state index contributed by atoms with van der Waals surface area (Å²) in [6, 6.07) is 7.41. The van der Waals surface area contributed by atoms with Crippen molar-refractivity contribution in [3.63, 3.8) is 0 Å². The largest absolute Gasteiger partial charge is 0.467 e. The Bertz CT molecular complexity index is 999. The Morgan fingerprint density at radius 2 is 1.77 bits per heavy atom. The molecule has 0 saturated carbocycles. The van der Waals surface area contributed by atoms with Crippen molar-refractivity contribution >= 4 is 23.7 Å². The topological polar surface area (TPSA) is 97.1 Å². The van der Waals surface area contributed by atoms with Gasteiger partial charge in [0.15, 0.2) is 6.61 Å². The van der Waals surface area contributed by atoms with Crippen molar-refractivity contribution in [3.8, 4) is 0 Å². The third-order valence-corrected chi connectivity index (χ3v) is 4.48. The van der Waals surface area contributed by atoms with Crippen LogP contribution in [0.1, 0.15) is 36.8 Å². The van der Waals surface area contributed by atoms with Crippen LogP contribution in [0.2, 0.25) is 0 Å². The predicted octanol–water partition coefficient (Wildman–Crippen LogP) is 2.43. The van der Waals surface area contributed by atoms with Gasteiger partial charge in [-0.05, 0) is 30.3 Å². The monoisotopic (exact) mass is 408 g/mol. The van der Waals surface area contributed by atoms with Crippen molar-refractivity contribution in [2.75, 3.05) is 19.7 Å². The zero-order valence-corrected chi connectivity index (χ0v) is 16.2. The van der Waals surface area contributed by atoms with Crippen LogP contribution < -0.4 is 0 Å². The predicted molar refractivity (Wildman–Crippen MR) is 107 cm³/mol. The first-order valence-corrected chi connectivity index (χ1v) is 9.15. The summed E-state index contributed by atoms with van der Waals surface area (Å²) in [6.07, 6.45) is 4.57. The minimum Gasteiger partial charge on any atom is -0.467 e. The van der Waals surface area contributed by atoms with Gasteiger partial charge < -0.3 is 14.1 Å². The van der Waals surface area contributed by atoms with Crippen molar-refractivity contribution in [1.29, 1.82) is 0 Å². The Labute approximate surface area is 173 Å². The number of carbonyl (C=O) groups is 4. The minimum absolute atomic E-state index is 0.00390. The Balaban J connectivity index is 1.69. The summed E-state index contributed by atoms with van der Waals surface area (Å²) in [6.45, 7) is 7.28. The lowest BCUT2D eigenvalue weighted by Crippen LogP contribution is -2.35. The first kappa shape index (κ1) is 20.8. The van der Waals surface area contributed by atoms with E-state index in [1.54, 1.807) is 24.3 Å². The molecule has 1 aliphatic rings. The minimum atomic E-state index is -0.770. The van der Waals surface area contributed by atoms with Crippen molar-refractivity contribution in [2.45, 2.75) is 6.54 Å². The molecule has 2 aromatic rings. The van der Waals surface area contributed by atoms with Crippen LogP contribution in [0.25, 0.3) is 0 Å². The molecule has 1 aromatic heterocycles. The van der Waals surface area contributed by atoms with E-state index in [2.05, 4.69) is 13.2 Å². The summed E-state index contributed by atoms with van der Waals surface area (Å²) in [7, 11) is 0. The Morgan fingerprint density at radius 1 is 1.07 bits per heavy atom. The summed E-state index contributed by atoms with van der Waals surface area (Å²) in [5, 5.41) is 0. The van der Waals surface area contributed by atoms with E-state index in [-0.39, 0.29) is 23.2 Å². The quantitative estimate of drug-likeness (QED) is 0.359. The molecule has 0 bridgehead atoms. The standard InChI is InChI=1S/C22H20N2O6/c1-3-9-23(10-4-2)19(25)14-30-22(28)15-7-8-17-18(12-15)21(27)24(20(17)26)13-16-6-5-11-29-16/h3-8,11-12H,1-2,9-10,13-14H2. The van der Waals surface area contributed by atoms with Crippen molar-refractivity contribution in [3.05, 3.63) is 84.4 Å². The number of amides is 3. The molecule has 2 heterocycles. The molecule has 154 valence electrons. The lowest BCUT2D eigenvalue weighted by molar-refractivity contribution is -0.133. The number of furan rings is 1. The smallest absolute Gasteiger partial charge is 0.338 e. The third kappa shape index (κ3) is 4.22. The first-order valence-electron chi connectivity index (χ1n) is 9.15. The number of fused-ring (bicyclic) bond motifs is 1. The second-order valence-electron chi connectivity index (χ2n) is 6.49. The van der Waals surface area contributed by atoms with Crippen molar-refractivity contribution < 1.29 is 28.3 Å². The van der Waals surface area contributed by atoms with Gasteiger partial charge in [-0.25, -0.2) is 4.79 Å². The van der Waals surface area contributed by atoms with Crippen LogP contribution in [-0.2, 0) is 16.1 Å². The third-order valence-electron chi connectivity index (χ3n) is 4.48. The fraction of sp³-hybridized carbons (Fsp3) is 0.182. The van der Waals surface area contributed by atoms with Gasteiger partial charge in [0.05, 0.1) is 29.5 Å². The summed E-state index contributed by atoms with van der Waals surface area (Å²) >= 11 is 0. The lowest BCUT2D eigenvalue weighted by atomic mass is 10.1. The van der Waals surface area contributed by atoms with Crippen LogP contribution in [0.3, 0.4) is 0 Å². The van der Waals surface area contributed by atoms with E-state index in [4.69, 9.17) is 9.15 Å². The average Bonchev–Trinajstić information content (AvgIpc) is 3.34. The fourth-order valence-electron chi connectivity index (χ4n) is 3.01. The summed E-state index contributed by atoms with van der Waals surface area (Å²) in [5.74, 6) is -1.70. The molecule has 3 rings (SSSR count). The maximum absolute atomic E-state index is 12.6. The van der Waals surface area contributed by atoms with Gasteiger partial charge >= 0.3 is 5.97 Å². The second-order valence-corrected chi connectivity index (χ2v) is 6.49. The van der Waals surface area contributed by atoms with Crippen LogP contribution in [0.15, 0.2) is 66.3 Å². The number of carbonyl (C=O) groups excluding carboxylic acids is 4. The van der Waals surface area contributed by atoms with Crippen molar-refractivity contribution in [1.82, 2.24) is 9.80 Å².